The number of anilines is 1. The van der Waals surface area contributed by atoms with Crippen LogP contribution in [0.1, 0.15) is 38.5 Å². The van der Waals surface area contributed by atoms with E-state index in [0.717, 1.165) is 29.8 Å². The minimum Gasteiger partial charge on any atom is -0.439 e. The molecule has 2 amide bonds. The normalized spacial score (nSPS) is 12.3. The van der Waals surface area contributed by atoms with Gasteiger partial charge in [-0.05, 0) is 55.7 Å². The van der Waals surface area contributed by atoms with Crippen molar-refractivity contribution in [2.75, 3.05) is 5.32 Å². The number of pyridine rings is 1. The predicted octanol–water partition coefficient (Wildman–Crippen LogP) is 4.18. The smallest absolute Gasteiger partial charge is 0.276 e. The summed E-state index contributed by atoms with van der Waals surface area (Å²) in [5.74, 6) is -2.28. The second-order valence-electron chi connectivity index (χ2n) is 7.97. The molecule has 2 aromatic carbocycles. The molecule has 0 fully saturated rings. The van der Waals surface area contributed by atoms with Crippen LogP contribution in [0.5, 0.6) is 11.6 Å². The van der Waals surface area contributed by atoms with E-state index in [0.29, 0.717) is 35.5 Å². The number of nitrogens with two attached hydrogens (primary N) is 1. The van der Waals surface area contributed by atoms with Crippen molar-refractivity contribution in [1.29, 1.82) is 0 Å². The first-order chi connectivity index (χ1) is 16.9. The van der Waals surface area contributed by atoms with Gasteiger partial charge in [-0.2, -0.15) is 5.10 Å². The van der Waals surface area contributed by atoms with Crippen LogP contribution >= 0.6 is 0 Å². The first-order valence-electron chi connectivity index (χ1n) is 10.8. The monoisotopic (exact) mass is 475 g/mol. The molecule has 0 saturated carbocycles. The van der Waals surface area contributed by atoms with Crippen LogP contribution in [0.2, 0.25) is 0 Å². The number of primary amides is 1. The van der Waals surface area contributed by atoms with Gasteiger partial charge in [-0.15, -0.1) is 0 Å². The van der Waals surface area contributed by atoms with Crippen LogP contribution in [0.4, 0.5) is 14.5 Å². The van der Waals surface area contributed by atoms with Crippen molar-refractivity contribution in [3.63, 3.8) is 0 Å². The van der Waals surface area contributed by atoms with E-state index in [1.165, 1.54) is 23.0 Å². The number of benzene rings is 2. The molecule has 5 rings (SSSR count). The topological polar surface area (TPSA) is 112 Å². The molecule has 1 aliphatic carbocycles. The molecule has 0 aliphatic heterocycles. The number of ether oxygens (including phenoxy) is 1. The van der Waals surface area contributed by atoms with Gasteiger partial charge in [0.15, 0.2) is 17.3 Å². The molecule has 8 nitrogen and oxygen atoms in total. The van der Waals surface area contributed by atoms with Gasteiger partial charge in [0.1, 0.15) is 5.75 Å². The van der Waals surface area contributed by atoms with Gasteiger partial charge in [0, 0.05) is 29.0 Å². The number of halogens is 2. The number of nitrogens with zero attached hydrogens (tertiary/aromatic N) is 3. The van der Waals surface area contributed by atoms with E-state index in [-0.39, 0.29) is 11.6 Å². The van der Waals surface area contributed by atoms with Crippen molar-refractivity contribution in [2.24, 2.45) is 5.73 Å². The number of aromatic nitrogens is 3. The van der Waals surface area contributed by atoms with Crippen LogP contribution in [0, 0.1) is 11.6 Å². The summed E-state index contributed by atoms with van der Waals surface area (Å²) in [5.41, 5.74) is 8.18. The number of carbonyl (C=O) groups excluding carboxylic acids is 2. The Balaban J connectivity index is 1.33. The van der Waals surface area contributed by atoms with Crippen LogP contribution in [0.3, 0.4) is 0 Å². The minimum atomic E-state index is -0.981. The average molecular weight is 475 g/mol. The number of fused-ring (bicyclic) bond motifs is 1. The second kappa shape index (κ2) is 8.98. The molecule has 35 heavy (non-hydrogen) atoms. The Morgan fingerprint density at radius 3 is 2.63 bits per heavy atom. The Kier molecular flexibility index (Phi) is 5.69. The number of hydrogen-bond acceptors (Lipinski definition) is 5. The summed E-state index contributed by atoms with van der Waals surface area (Å²) in [4.78, 5) is 28.5. The van der Waals surface area contributed by atoms with Gasteiger partial charge in [-0.1, -0.05) is 6.07 Å². The predicted molar refractivity (Wildman–Crippen MR) is 123 cm³/mol. The highest BCUT2D eigenvalue weighted by Crippen LogP contribution is 2.29. The molecule has 1 aliphatic rings. The maximum Gasteiger partial charge on any atom is 0.276 e. The Labute approximate surface area is 198 Å². The Hall–Kier alpha value is -4.60. The number of nitrogens with one attached hydrogen (secondary N) is 1. The Morgan fingerprint density at radius 1 is 1.03 bits per heavy atom. The van der Waals surface area contributed by atoms with E-state index in [1.807, 2.05) is 0 Å². The molecule has 0 radical (unpaired) electrons. The largest absolute Gasteiger partial charge is 0.439 e. The molecular weight excluding hydrogens is 456 g/mol. The van der Waals surface area contributed by atoms with Crippen LogP contribution in [-0.4, -0.2) is 26.6 Å². The molecule has 4 aromatic rings. The fraction of sp³-hybridized carbons (Fsp3) is 0.120. The van der Waals surface area contributed by atoms with Crippen LogP contribution in [0.25, 0.3) is 5.69 Å². The zero-order valence-electron chi connectivity index (χ0n) is 18.3. The van der Waals surface area contributed by atoms with Gasteiger partial charge in [0.2, 0.25) is 11.8 Å². The molecule has 3 N–H and O–H groups in total. The lowest BCUT2D eigenvalue weighted by molar-refractivity contribution is 0.0996. The summed E-state index contributed by atoms with van der Waals surface area (Å²) in [5, 5.41) is 7.16. The van der Waals surface area contributed by atoms with Crippen molar-refractivity contribution in [1.82, 2.24) is 14.8 Å². The number of rotatable bonds is 6. The van der Waals surface area contributed by atoms with Crippen LogP contribution in [-0.2, 0) is 12.8 Å². The lowest BCUT2D eigenvalue weighted by atomic mass is 10.2. The van der Waals surface area contributed by atoms with E-state index < -0.39 is 23.4 Å². The molecular formula is C25H19F2N5O3. The van der Waals surface area contributed by atoms with Crippen LogP contribution < -0.4 is 15.8 Å². The van der Waals surface area contributed by atoms with Gasteiger partial charge >= 0.3 is 0 Å². The van der Waals surface area contributed by atoms with Gasteiger partial charge in [-0.3, -0.25) is 9.59 Å². The van der Waals surface area contributed by atoms with Crippen molar-refractivity contribution < 1.29 is 23.1 Å². The lowest BCUT2D eigenvalue weighted by Crippen LogP contribution is -2.15. The number of amides is 2. The van der Waals surface area contributed by atoms with E-state index in [1.54, 1.807) is 30.3 Å². The van der Waals surface area contributed by atoms with Gasteiger partial charge < -0.3 is 15.8 Å². The highest BCUT2D eigenvalue weighted by molar-refractivity contribution is 6.04. The molecule has 10 heteroatoms. The number of hydrogen-bond donors (Lipinski definition) is 2. The highest BCUT2D eigenvalue weighted by Gasteiger charge is 2.27. The first kappa shape index (κ1) is 22.2. The summed E-state index contributed by atoms with van der Waals surface area (Å²) < 4.78 is 34.3. The molecule has 0 bridgehead atoms. The SMILES string of the molecule is NC(=O)c1cccc(Oc2ccc(NC(=O)c3nn(-c4ccc(F)c(F)c4)c4c3CCC4)cn2)c1. The molecule has 2 aromatic heterocycles. The maximum atomic E-state index is 13.8. The average Bonchev–Trinajstić information content (AvgIpc) is 3.45. The van der Waals surface area contributed by atoms with Gasteiger partial charge in [-0.25, -0.2) is 18.4 Å². The molecule has 0 saturated heterocycles. The minimum absolute atomic E-state index is 0.228. The Morgan fingerprint density at radius 2 is 1.89 bits per heavy atom. The second-order valence-corrected chi connectivity index (χ2v) is 7.97. The van der Waals surface area contributed by atoms with E-state index in [9.17, 15) is 18.4 Å². The van der Waals surface area contributed by atoms with Crippen molar-refractivity contribution >= 4 is 17.5 Å². The zero-order chi connectivity index (χ0) is 24.5. The van der Waals surface area contributed by atoms with Gasteiger partial charge in [0.25, 0.3) is 5.91 Å². The molecule has 176 valence electrons. The fourth-order valence-corrected chi connectivity index (χ4v) is 3.99. The fourth-order valence-electron chi connectivity index (χ4n) is 3.99. The highest BCUT2D eigenvalue weighted by atomic mass is 19.2. The van der Waals surface area contributed by atoms with Gasteiger partial charge in [0.05, 0.1) is 17.6 Å². The summed E-state index contributed by atoms with van der Waals surface area (Å²) in [6.07, 6.45) is 3.61. The summed E-state index contributed by atoms with van der Waals surface area (Å²) in [6, 6.07) is 13.1. The Bertz CT molecular complexity index is 1450. The van der Waals surface area contributed by atoms with E-state index in [2.05, 4.69) is 15.4 Å². The molecule has 0 unspecified atom stereocenters. The summed E-state index contributed by atoms with van der Waals surface area (Å²) in [7, 11) is 0. The molecule has 0 atom stereocenters. The molecule has 2 heterocycles. The maximum absolute atomic E-state index is 13.8. The van der Waals surface area contributed by atoms with Crippen molar-refractivity contribution in [2.45, 2.75) is 19.3 Å². The van der Waals surface area contributed by atoms with Crippen LogP contribution in [0.15, 0.2) is 60.8 Å². The third-order valence-corrected chi connectivity index (χ3v) is 5.63. The zero-order valence-corrected chi connectivity index (χ0v) is 18.3. The van der Waals surface area contributed by atoms with E-state index >= 15 is 0 Å². The number of carbonyl (C=O) groups is 2. The van der Waals surface area contributed by atoms with E-state index in [4.69, 9.17) is 10.5 Å². The van der Waals surface area contributed by atoms with Crippen molar-refractivity contribution in [3.05, 3.63) is 94.9 Å². The third-order valence-electron chi connectivity index (χ3n) is 5.63. The lowest BCUT2D eigenvalue weighted by Gasteiger charge is -2.08. The van der Waals surface area contributed by atoms with Crippen molar-refractivity contribution in [3.8, 4) is 17.3 Å². The summed E-state index contributed by atoms with van der Waals surface area (Å²) >= 11 is 0. The first-order valence-corrected chi connectivity index (χ1v) is 10.8. The third kappa shape index (κ3) is 4.45. The standard InChI is InChI=1S/C25H19F2N5O3/c26-19-9-8-16(12-20(19)27)32-21-6-2-5-18(21)23(31-32)25(34)30-15-7-10-22(29-13-15)35-17-4-1-3-14(11-17)24(28)33/h1,3-4,7-13H,2,5-6H2,(H2,28,33)(H,30,34). The quantitative estimate of drug-likeness (QED) is 0.435. The summed E-state index contributed by atoms with van der Waals surface area (Å²) in [6.45, 7) is 0. The molecule has 0 spiro atoms.